The Balaban J connectivity index is 2.73. The van der Waals surface area contributed by atoms with E-state index >= 15 is 0 Å². The summed E-state index contributed by atoms with van der Waals surface area (Å²) in [6, 6.07) is 5.58. The Morgan fingerprint density at radius 1 is 1.30 bits per heavy atom. The van der Waals surface area contributed by atoms with Crippen LogP contribution in [0.4, 0.5) is 10.1 Å². The Kier molecular flexibility index (Phi) is 5.21. The first-order valence-corrected chi connectivity index (χ1v) is 6.32. The van der Waals surface area contributed by atoms with Crippen molar-refractivity contribution in [3.8, 4) is 0 Å². The first-order valence-electron chi connectivity index (χ1n) is 6.32. The molecule has 20 heavy (non-hydrogen) atoms. The highest BCUT2D eigenvalue weighted by atomic mass is 19.1. The summed E-state index contributed by atoms with van der Waals surface area (Å²) in [6.45, 7) is 5.07. The number of anilines is 1. The lowest BCUT2D eigenvalue weighted by Gasteiger charge is -2.25. The molecule has 0 aliphatic rings. The van der Waals surface area contributed by atoms with Crippen molar-refractivity contribution < 1.29 is 19.1 Å². The van der Waals surface area contributed by atoms with Crippen LogP contribution in [0.3, 0.4) is 0 Å². The molecule has 110 valence electrons. The summed E-state index contributed by atoms with van der Waals surface area (Å²) in [5, 5.41) is 11.7. The van der Waals surface area contributed by atoms with E-state index in [0.717, 1.165) is 0 Å². The number of nitrogens with one attached hydrogen (secondary N) is 1. The summed E-state index contributed by atoms with van der Waals surface area (Å²) in [5.41, 5.74) is -0.605. The summed E-state index contributed by atoms with van der Waals surface area (Å²) >= 11 is 0. The molecular formula is C14H19FN2O3. The number of halogens is 1. The van der Waals surface area contributed by atoms with Gasteiger partial charge in [0.15, 0.2) is 0 Å². The van der Waals surface area contributed by atoms with Crippen LogP contribution in [0, 0.1) is 5.82 Å². The van der Waals surface area contributed by atoms with Crippen molar-refractivity contribution >= 4 is 17.6 Å². The molecule has 1 aromatic carbocycles. The lowest BCUT2D eigenvalue weighted by atomic mass is 10.1. The third-order valence-corrected chi connectivity index (χ3v) is 2.97. The van der Waals surface area contributed by atoms with Crippen molar-refractivity contribution in [1.82, 2.24) is 5.32 Å². The van der Waals surface area contributed by atoms with Crippen LogP contribution >= 0.6 is 0 Å². The molecule has 0 atom stereocenters. The number of likely N-dealkylation sites (N-methyl/N-ethyl adjacent to an activating group) is 1. The van der Waals surface area contributed by atoms with Crippen LogP contribution in [-0.2, 0) is 9.59 Å². The van der Waals surface area contributed by atoms with Crippen molar-refractivity contribution in [2.24, 2.45) is 0 Å². The Morgan fingerprint density at radius 2 is 1.85 bits per heavy atom. The Hall–Kier alpha value is -1.95. The summed E-state index contributed by atoms with van der Waals surface area (Å²) < 4.78 is 12.9. The van der Waals surface area contributed by atoms with Crippen LogP contribution in [0.5, 0.6) is 0 Å². The zero-order valence-corrected chi connectivity index (χ0v) is 11.8. The zero-order valence-electron chi connectivity index (χ0n) is 11.8. The molecule has 0 saturated heterocycles. The van der Waals surface area contributed by atoms with Gasteiger partial charge in [0.05, 0.1) is 6.54 Å². The molecule has 6 heteroatoms. The fraction of sp³-hybridized carbons (Fsp3) is 0.429. The van der Waals surface area contributed by atoms with Crippen LogP contribution in [-0.4, -0.2) is 35.6 Å². The average Bonchev–Trinajstić information content (AvgIpc) is 2.39. The highest BCUT2D eigenvalue weighted by molar-refractivity contribution is 5.95. The Morgan fingerprint density at radius 3 is 2.30 bits per heavy atom. The number of hydrogen-bond donors (Lipinski definition) is 2. The molecule has 0 spiro atoms. The average molecular weight is 282 g/mol. The number of carboxylic acid groups (broad SMARTS) is 1. The maximum absolute atomic E-state index is 12.9. The molecular weight excluding hydrogens is 263 g/mol. The van der Waals surface area contributed by atoms with Crippen molar-refractivity contribution in [3.05, 3.63) is 30.1 Å². The molecule has 1 amide bonds. The number of amides is 1. The van der Waals surface area contributed by atoms with Gasteiger partial charge in [-0.2, -0.15) is 0 Å². The van der Waals surface area contributed by atoms with Gasteiger partial charge in [-0.1, -0.05) is 0 Å². The lowest BCUT2D eigenvalue weighted by molar-refractivity contribution is -0.143. The van der Waals surface area contributed by atoms with E-state index in [9.17, 15) is 14.0 Å². The van der Waals surface area contributed by atoms with Gasteiger partial charge < -0.3 is 10.0 Å². The van der Waals surface area contributed by atoms with Crippen LogP contribution in [0.15, 0.2) is 24.3 Å². The van der Waals surface area contributed by atoms with Crippen molar-refractivity contribution in [2.45, 2.75) is 26.3 Å². The molecule has 0 aromatic heterocycles. The predicted octanol–water partition coefficient (Wildman–Crippen LogP) is 1.63. The predicted molar refractivity (Wildman–Crippen MR) is 74.1 cm³/mol. The largest absolute Gasteiger partial charge is 0.480 e. The van der Waals surface area contributed by atoms with E-state index in [1.165, 1.54) is 43.0 Å². The lowest BCUT2D eigenvalue weighted by Crippen LogP contribution is -2.51. The van der Waals surface area contributed by atoms with E-state index in [-0.39, 0.29) is 18.3 Å². The number of rotatable bonds is 6. The van der Waals surface area contributed by atoms with Gasteiger partial charge in [-0.3, -0.25) is 14.9 Å². The Bertz CT molecular complexity index is 486. The minimum Gasteiger partial charge on any atom is -0.480 e. The molecule has 1 rings (SSSR count). The van der Waals surface area contributed by atoms with Crippen molar-refractivity contribution in [1.29, 1.82) is 0 Å². The third kappa shape index (κ3) is 4.03. The van der Waals surface area contributed by atoms with Crippen LogP contribution in [0.1, 0.15) is 20.8 Å². The van der Waals surface area contributed by atoms with Gasteiger partial charge >= 0.3 is 5.97 Å². The molecule has 0 bridgehead atoms. The van der Waals surface area contributed by atoms with Gasteiger partial charge in [0.2, 0.25) is 5.91 Å². The van der Waals surface area contributed by atoms with Crippen LogP contribution in [0.25, 0.3) is 0 Å². The van der Waals surface area contributed by atoms with Crippen LogP contribution in [0.2, 0.25) is 0 Å². The van der Waals surface area contributed by atoms with Crippen molar-refractivity contribution in [3.63, 3.8) is 0 Å². The highest BCUT2D eigenvalue weighted by Crippen LogP contribution is 2.15. The zero-order chi connectivity index (χ0) is 15.3. The van der Waals surface area contributed by atoms with Crippen molar-refractivity contribution in [2.75, 3.05) is 18.0 Å². The summed E-state index contributed by atoms with van der Waals surface area (Å²) in [4.78, 5) is 24.5. The fourth-order valence-corrected chi connectivity index (χ4v) is 1.59. The number of nitrogens with zero attached hydrogens (tertiary/aromatic N) is 1. The second-order valence-electron chi connectivity index (χ2n) is 4.90. The number of carbonyl (C=O) groups excluding carboxylic acids is 1. The molecule has 1 aromatic rings. The highest BCUT2D eigenvalue weighted by Gasteiger charge is 2.27. The topological polar surface area (TPSA) is 69.6 Å². The molecule has 0 unspecified atom stereocenters. The van der Waals surface area contributed by atoms with E-state index in [1.807, 2.05) is 0 Å². The van der Waals surface area contributed by atoms with Gasteiger partial charge in [0.25, 0.3) is 0 Å². The SMILES string of the molecule is CCN(C(=O)CNC(C)(C)C(=O)O)c1ccc(F)cc1. The van der Waals surface area contributed by atoms with Gasteiger partial charge in [0, 0.05) is 12.2 Å². The van der Waals surface area contributed by atoms with Crippen LogP contribution < -0.4 is 10.2 Å². The van der Waals surface area contributed by atoms with E-state index < -0.39 is 11.5 Å². The molecule has 0 fully saturated rings. The number of hydrogen-bond acceptors (Lipinski definition) is 3. The second-order valence-corrected chi connectivity index (χ2v) is 4.90. The van der Waals surface area contributed by atoms with Gasteiger partial charge in [-0.15, -0.1) is 0 Å². The number of carboxylic acids is 1. The second kappa shape index (κ2) is 6.47. The van der Waals surface area contributed by atoms with E-state index in [1.54, 1.807) is 6.92 Å². The van der Waals surface area contributed by atoms with E-state index in [2.05, 4.69) is 5.32 Å². The van der Waals surface area contributed by atoms with E-state index in [0.29, 0.717) is 12.2 Å². The molecule has 0 radical (unpaired) electrons. The molecule has 2 N–H and O–H groups in total. The fourth-order valence-electron chi connectivity index (χ4n) is 1.59. The van der Waals surface area contributed by atoms with Gasteiger partial charge in [-0.05, 0) is 45.0 Å². The molecule has 0 heterocycles. The monoisotopic (exact) mass is 282 g/mol. The first-order chi connectivity index (χ1) is 9.27. The number of benzene rings is 1. The Labute approximate surface area is 117 Å². The molecule has 5 nitrogen and oxygen atoms in total. The molecule has 0 aliphatic heterocycles. The molecule has 0 saturated carbocycles. The smallest absolute Gasteiger partial charge is 0.323 e. The summed E-state index contributed by atoms with van der Waals surface area (Å²) in [5.74, 6) is -1.68. The quantitative estimate of drug-likeness (QED) is 0.832. The molecule has 0 aliphatic carbocycles. The summed E-state index contributed by atoms with van der Waals surface area (Å²) in [7, 11) is 0. The normalized spacial score (nSPS) is 11.2. The first kappa shape index (κ1) is 16.1. The van der Waals surface area contributed by atoms with Gasteiger partial charge in [0.1, 0.15) is 11.4 Å². The number of aliphatic carboxylic acids is 1. The summed E-state index contributed by atoms with van der Waals surface area (Å²) in [6.07, 6.45) is 0. The number of carbonyl (C=O) groups is 2. The van der Waals surface area contributed by atoms with Gasteiger partial charge in [-0.25, -0.2) is 4.39 Å². The third-order valence-electron chi connectivity index (χ3n) is 2.97. The maximum Gasteiger partial charge on any atom is 0.323 e. The van der Waals surface area contributed by atoms with E-state index in [4.69, 9.17) is 5.11 Å². The standard InChI is InChI=1S/C14H19FN2O3/c1-4-17(11-7-5-10(15)6-8-11)12(18)9-16-14(2,3)13(19)20/h5-8,16H,4,9H2,1-3H3,(H,19,20). The maximum atomic E-state index is 12.9. The minimum absolute atomic E-state index is 0.107. The minimum atomic E-state index is -1.18.